The predicted molar refractivity (Wildman–Crippen MR) is 182 cm³/mol. The minimum Gasteiger partial charge on any atom is -0.508 e. The van der Waals surface area contributed by atoms with Crippen LogP contribution in [0.1, 0.15) is 53.1 Å². The van der Waals surface area contributed by atoms with Gasteiger partial charge in [0.25, 0.3) is 5.91 Å². The van der Waals surface area contributed by atoms with Crippen molar-refractivity contribution in [1.82, 2.24) is 29.5 Å². The van der Waals surface area contributed by atoms with Gasteiger partial charge >= 0.3 is 6.01 Å². The summed E-state index contributed by atoms with van der Waals surface area (Å²) in [5.41, 5.74) is 3.31. The average Bonchev–Trinajstić information content (AvgIpc) is 3.71. The molecule has 2 aromatic carbocycles. The standard InChI is InChI=1S/C35H39ClF2N8O3/c1-42(2)33(48)27-14-23-18-44(9-4-11-46(23)41-27)32-25-7-12-43(29-15-24(47)13-21-5-6-26(38)31(36)30(21)29)19-28(25)39-34(40-32)49-20-35-8-3-10-45(35)17-22(37)16-35/h5-6,13-15,22,47H,3-4,7-12,16-20H2,1-2H3/t22-,35+/m1/s1. The third kappa shape index (κ3) is 5.70. The second kappa shape index (κ2) is 12.3. The molecule has 0 spiro atoms. The van der Waals surface area contributed by atoms with Gasteiger partial charge in [0, 0.05) is 63.7 Å². The van der Waals surface area contributed by atoms with Crippen LogP contribution >= 0.6 is 11.6 Å². The molecule has 6 heterocycles. The molecule has 1 amide bonds. The highest BCUT2D eigenvalue weighted by molar-refractivity contribution is 6.37. The van der Waals surface area contributed by atoms with Gasteiger partial charge < -0.3 is 24.5 Å². The molecule has 2 atom stereocenters. The summed E-state index contributed by atoms with van der Waals surface area (Å²) in [5.74, 6) is 0.136. The number of amides is 1. The van der Waals surface area contributed by atoms with E-state index in [2.05, 4.69) is 19.8 Å². The molecule has 1 N–H and O–H groups in total. The molecule has 2 saturated heterocycles. The molecule has 0 aliphatic carbocycles. The molecule has 4 aromatic rings. The van der Waals surface area contributed by atoms with Crippen LogP contribution in [0.3, 0.4) is 0 Å². The van der Waals surface area contributed by atoms with Crippen LogP contribution in [0.25, 0.3) is 10.8 Å². The number of benzene rings is 2. The molecule has 8 rings (SSSR count). The van der Waals surface area contributed by atoms with E-state index in [1.54, 1.807) is 32.3 Å². The van der Waals surface area contributed by atoms with E-state index in [4.69, 9.17) is 26.3 Å². The lowest BCUT2D eigenvalue weighted by Gasteiger charge is -2.34. The number of phenolic OH excluding ortho intramolecular Hbond substituents is 1. The number of phenols is 1. The van der Waals surface area contributed by atoms with Crippen LogP contribution in [0, 0.1) is 5.82 Å². The molecular formula is C35H39ClF2N8O3. The van der Waals surface area contributed by atoms with E-state index in [1.807, 2.05) is 10.7 Å². The number of rotatable bonds is 6. The van der Waals surface area contributed by atoms with Crippen molar-refractivity contribution < 1.29 is 23.4 Å². The van der Waals surface area contributed by atoms with E-state index in [-0.39, 0.29) is 28.2 Å². The van der Waals surface area contributed by atoms with Gasteiger partial charge in [-0.15, -0.1) is 0 Å². The number of hydrogen-bond acceptors (Lipinski definition) is 9. The van der Waals surface area contributed by atoms with Crippen LogP contribution in [0.4, 0.5) is 20.3 Å². The van der Waals surface area contributed by atoms with E-state index in [1.165, 1.54) is 11.0 Å². The lowest BCUT2D eigenvalue weighted by Crippen LogP contribution is -2.43. The molecule has 0 bridgehead atoms. The van der Waals surface area contributed by atoms with Crippen molar-refractivity contribution in [2.24, 2.45) is 0 Å². The van der Waals surface area contributed by atoms with Crippen molar-refractivity contribution in [2.75, 3.05) is 56.7 Å². The Hall–Kier alpha value is -4.23. The first-order valence-electron chi connectivity index (χ1n) is 16.9. The number of nitrogens with zero attached hydrogens (tertiary/aromatic N) is 8. The maximum atomic E-state index is 14.7. The number of ether oxygens (including phenoxy) is 1. The number of alkyl halides is 1. The Morgan fingerprint density at radius 3 is 2.80 bits per heavy atom. The minimum absolute atomic E-state index is 0.00194. The summed E-state index contributed by atoms with van der Waals surface area (Å²) in [5, 5.41) is 16.4. The molecule has 0 radical (unpaired) electrons. The summed E-state index contributed by atoms with van der Waals surface area (Å²) in [6.45, 7) is 4.35. The van der Waals surface area contributed by atoms with Gasteiger partial charge in [-0.1, -0.05) is 17.7 Å². The quantitative estimate of drug-likeness (QED) is 0.301. The van der Waals surface area contributed by atoms with Crippen molar-refractivity contribution in [1.29, 1.82) is 0 Å². The number of anilines is 2. The Labute approximate surface area is 288 Å². The van der Waals surface area contributed by atoms with E-state index in [9.17, 15) is 18.7 Å². The molecule has 0 saturated carbocycles. The van der Waals surface area contributed by atoms with Gasteiger partial charge in [-0.3, -0.25) is 14.4 Å². The Kier molecular flexibility index (Phi) is 8.02. The van der Waals surface area contributed by atoms with Gasteiger partial charge in [-0.2, -0.15) is 15.1 Å². The first kappa shape index (κ1) is 32.0. The first-order valence-corrected chi connectivity index (χ1v) is 17.3. The van der Waals surface area contributed by atoms with Gasteiger partial charge in [0.05, 0.1) is 40.7 Å². The normalized spacial score (nSPS) is 22.2. The van der Waals surface area contributed by atoms with E-state index in [0.29, 0.717) is 80.9 Å². The van der Waals surface area contributed by atoms with Gasteiger partial charge in [-0.25, -0.2) is 8.78 Å². The zero-order valence-corrected chi connectivity index (χ0v) is 28.4. The smallest absolute Gasteiger partial charge is 0.318 e. The van der Waals surface area contributed by atoms with Crippen LogP contribution < -0.4 is 14.5 Å². The van der Waals surface area contributed by atoms with Gasteiger partial charge in [0.2, 0.25) is 0 Å². The molecule has 11 nitrogen and oxygen atoms in total. The Morgan fingerprint density at radius 1 is 1.10 bits per heavy atom. The van der Waals surface area contributed by atoms with Gasteiger partial charge in [-0.05, 0) is 55.8 Å². The molecule has 4 aliphatic heterocycles. The fourth-order valence-corrected chi connectivity index (χ4v) is 8.42. The molecule has 258 valence electrons. The zero-order chi connectivity index (χ0) is 34.0. The highest BCUT2D eigenvalue weighted by atomic mass is 35.5. The third-order valence-electron chi connectivity index (χ3n) is 10.5. The summed E-state index contributed by atoms with van der Waals surface area (Å²) in [4.78, 5) is 30.7. The lowest BCUT2D eigenvalue weighted by molar-refractivity contribution is 0.0821. The summed E-state index contributed by atoms with van der Waals surface area (Å²) in [6.07, 6.45) is 2.80. The number of halogens is 3. The summed E-state index contributed by atoms with van der Waals surface area (Å²) < 4.78 is 37.6. The number of hydrogen-bond donors (Lipinski definition) is 1. The van der Waals surface area contributed by atoms with Crippen molar-refractivity contribution >= 4 is 39.8 Å². The van der Waals surface area contributed by atoms with E-state index < -0.39 is 12.0 Å². The Bertz CT molecular complexity index is 1960. The van der Waals surface area contributed by atoms with Gasteiger partial charge in [0.15, 0.2) is 5.69 Å². The second-order valence-corrected chi connectivity index (χ2v) is 14.3. The van der Waals surface area contributed by atoms with Crippen LogP contribution in [0.5, 0.6) is 11.8 Å². The number of aromatic hydroxyl groups is 1. The van der Waals surface area contributed by atoms with E-state index >= 15 is 0 Å². The van der Waals surface area contributed by atoms with Crippen LogP contribution in [-0.2, 0) is 26.1 Å². The van der Waals surface area contributed by atoms with Crippen molar-refractivity contribution in [3.8, 4) is 11.8 Å². The third-order valence-corrected chi connectivity index (χ3v) is 10.9. The Balaban J connectivity index is 1.17. The number of aromatic nitrogens is 4. The van der Waals surface area contributed by atoms with Crippen LogP contribution in [0.2, 0.25) is 5.02 Å². The summed E-state index contributed by atoms with van der Waals surface area (Å²) >= 11 is 6.51. The van der Waals surface area contributed by atoms with Crippen molar-refractivity contribution in [2.45, 2.75) is 63.4 Å². The molecule has 0 unspecified atom stereocenters. The highest BCUT2D eigenvalue weighted by Crippen LogP contribution is 2.42. The molecule has 14 heteroatoms. The monoisotopic (exact) mass is 692 g/mol. The summed E-state index contributed by atoms with van der Waals surface area (Å²) in [6, 6.07) is 8.18. The largest absolute Gasteiger partial charge is 0.508 e. The average molecular weight is 693 g/mol. The Morgan fingerprint density at radius 2 is 1.96 bits per heavy atom. The molecule has 4 aliphatic rings. The number of carbonyl (C=O) groups excluding carboxylic acids is 1. The SMILES string of the molecule is CN(C)C(=O)c1cc2n(n1)CCCN(c1nc(OC[C@@]34CCCN3C[C@H](F)C4)nc3c1CCN(c1cc(O)cc4ccc(F)c(Cl)c14)C3)C2. The number of carbonyl (C=O) groups is 1. The minimum atomic E-state index is -0.877. The summed E-state index contributed by atoms with van der Waals surface area (Å²) in [7, 11) is 3.43. The molecule has 2 aromatic heterocycles. The molecular weight excluding hydrogens is 654 g/mol. The maximum absolute atomic E-state index is 14.7. The lowest BCUT2D eigenvalue weighted by atomic mass is 9.95. The fourth-order valence-electron chi connectivity index (χ4n) is 8.15. The second-order valence-electron chi connectivity index (χ2n) is 13.9. The van der Waals surface area contributed by atoms with E-state index in [0.717, 1.165) is 48.6 Å². The predicted octanol–water partition coefficient (Wildman–Crippen LogP) is 4.95. The number of fused-ring (bicyclic) bond motifs is 4. The number of aryl methyl sites for hydroxylation is 1. The van der Waals surface area contributed by atoms with Crippen LogP contribution in [-0.4, -0.2) is 99.2 Å². The molecule has 2 fully saturated rings. The van der Waals surface area contributed by atoms with Crippen molar-refractivity contribution in [3.63, 3.8) is 0 Å². The molecule has 49 heavy (non-hydrogen) atoms. The highest BCUT2D eigenvalue weighted by Gasteiger charge is 2.49. The first-order chi connectivity index (χ1) is 23.6. The zero-order valence-electron chi connectivity index (χ0n) is 27.6. The van der Waals surface area contributed by atoms with Crippen LogP contribution in [0.15, 0.2) is 30.3 Å². The topological polar surface area (TPSA) is 103 Å². The maximum Gasteiger partial charge on any atom is 0.318 e. The van der Waals surface area contributed by atoms with Gasteiger partial charge in [0.1, 0.15) is 30.2 Å². The van der Waals surface area contributed by atoms with Crippen molar-refractivity contribution in [3.05, 3.63) is 63.8 Å². The fraction of sp³-hybridized carbons (Fsp3) is 0.486.